The number of aromatic nitrogens is 3. The average molecular weight is 311 g/mol. The smallest absolute Gasteiger partial charge is 0.270 e. The Morgan fingerprint density at radius 1 is 1.13 bits per heavy atom. The Hall–Kier alpha value is -2.37. The lowest BCUT2D eigenvalue weighted by Crippen LogP contribution is -2.40. The Labute approximate surface area is 135 Å². The standard InChI is InChI=1S/C17H21N5O/c1-12-5-6-16(19-18-12)21-10-7-14-13(21)8-11-22(14)17(23)15-4-3-9-20(15)2/h3-6,9,13-14H,7-8,10-11H2,1-2H3/t13-,14+/m0/s1. The van der Waals surface area contributed by atoms with Crippen LogP contribution in [0.1, 0.15) is 29.0 Å². The third-order valence-electron chi connectivity index (χ3n) is 5.08. The van der Waals surface area contributed by atoms with Gasteiger partial charge in [-0.3, -0.25) is 4.79 Å². The Morgan fingerprint density at radius 3 is 2.65 bits per heavy atom. The highest BCUT2D eigenvalue weighted by molar-refractivity contribution is 5.93. The van der Waals surface area contributed by atoms with Crippen molar-refractivity contribution >= 4 is 11.7 Å². The lowest BCUT2D eigenvalue weighted by molar-refractivity contribution is 0.0728. The van der Waals surface area contributed by atoms with Crippen molar-refractivity contribution in [3.8, 4) is 0 Å². The molecule has 2 aliphatic heterocycles. The number of nitrogens with zero attached hydrogens (tertiary/aromatic N) is 5. The first-order valence-corrected chi connectivity index (χ1v) is 8.14. The topological polar surface area (TPSA) is 54.3 Å². The van der Waals surface area contributed by atoms with Crippen LogP contribution in [0.15, 0.2) is 30.5 Å². The molecular formula is C17H21N5O. The molecule has 0 unspecified atom stereocenters. The van der Waals surface area contributed by atoms with Crippen molar-refractivity contribution < 1.29 is 4.79 Å². The molecule has 0 spiro atoms. The van der Waals surface area contributed by atoms with Crippen LogP contribution < -0.4 is 4.90 Å². The van der Waals surface area contributed by atoms with Gasteiger partial charge in [-0.25, -0.2) is 0 Å². The van der Waals surface area contributed by atoms with Gasteiger partial charge in [0.1, 0.15) is 5.69 Å². The number of aryl methyl sites for hydroxylation is 2. The second-order valence-corrected chi connectivity index (χ2v) is 6.44. The highest BCUT2D eigenvalue weighted by Gasteiger charge is 2.45. The minimum absolute atomic E-state index is 0.141. The summed E-state index contributed by atoms with van der Waals surface area (Å²) >= 11 is 0. The summed E-state index contributed by atoms with van der Waals surface area (Å²) < 4.78 is 1.90. The van der Waals surface area contributed by atoms with Crippen LogP contribution in [0.2, 0.25) is 0 Å². The Bertz CT molecular complexity index is 723. The van der Waals surface area contributed by atoms with Crippen LogP contribution in [-0.4, -0.2) is 50.7 Å². The maximum atomic E-state index is 12.8. The molecule has 6 heteroatoms. The number of rotatable bonds is 2. The lowest BCUT2D eigenvalue weighted by Gasteiger charge is -2.26. The van der Waals surface area contributed by atoms with Crippen LogP contribution >= 0.6 is 0 Å². The van der Waals surface area contributed by atoms with Crippen molar-refractivity contribution in [3.63, 3.8) is 0 Å². The Kier molecular flexibility index (Phi) is 3.32. The number of anilines is 1. The molecule has 6 nitrogen and oxygen atoms in total. The SMILES string of the molecule is Cc1ccc(N2CC[C@@H]3[C@@H]2CCN3C(=O)c2cccn2C)nn1. The van der Waals surface area contributed by atoms with Gasteiger partial charge in [-0.05, 0) is 44.0 Å². The molecule has 0 radical (unpaired) electrons. The molecule has 2 aromatic rings. The molecule has 120 valence electrons. The maximum Gasteiger partial charge on any atom is 0.270 e. The van der Waals surface area contributed by atoms with Crippen molar-refractivity contribution in [2.75, 3.05) is 18.0 Å². The van der Waals surface area contributed by atoms with E-state index in [4.69, 9.17) is 0 Å². The summed E-state index contributed by atoms with van der Waals surface area (Å²) in [6, 6.07) is 8.48. The number of hydrogen-bond acceptors (Lipinski definition) is 4. The quantitative estimate of drug-likeness (QED) is 0.846. The predicted molar refractivity (Wildman–Crippen MR) is 87.4 cm³/mol. The van der Waals surface area contributed by atoms with Gasteiger partial charge in [0.2, 0.25) is 0 Å². The number of carbonyl (C=O) groups excluding carboxylic acids is 1. The van der Waals surface area contributed by atoms with E-state index in [1.165, 1.54) is 0 Å². The van der Waals surface area contributed by atoms with E-state index in [2.05, 4.69) is 15.1 Å². The molecule has 2 fully saturated rings. The van der Waals surface area contributed by atoms with E-state index in [9.17, 15) is 4.79 Å². The molecule has 2 saturated heterocycles. The van der Waals surface area contributed by atoms with Crippen LogP contribution in [-0.2, 0) is 7.05 Å². The van der Waals surface area contributed by atoms with Gasteiger partial charge < -0.3 is 14.4 Å². The first-order chi connectivity index (χ1) is 11.1. The highest BCUT2D eigenvalue weighted by Crippen LogP contribution is 2.34. The molecule has 2 atom stereocenters. The first-order valence-electron chi connectivity index (χ1n) is 8.14. The number of carbonyl (C=O) groups is 1. The first kappa shape index (κ1) is 14.2. The molecule has 23 heavy (non-hydrogen) atoms. The molecule has 4 rings (SSSR count). The second-order valence-electron chi connectivity index (χ2n) is 6.44. The van der Waals surface area contributed by atoms with Gasteiger partial charge in [0, 0.05) is 26.3 Å². The average Bonchev–Trinajstić information content (AvgIpc) is 3.23. The fourth-order valence-corrected chi connectivity index (χ4v) is 3.90. The summed E-state index contributed by atoms with van der Waals surface area (Å²) in [5.74, 6) is 1.07. The zero-order chi connectivity index (χ0) is 16.0. The minimum atomic E-state index is 0.141. The molecule has 0 N–H and O–H groups in total. The molecule has 4 heterocycles. The molecule has 2 aliphatic rings. The fraction of sp³-hybridized carbons (Fsp3) is 0.471. The van der Waals surface area contributed by atoms with Gasteiger partial charge in [-0.1, -0.05) is 0 Å². The predicted octanol–water partition coefficient (Wildman–Crippen LogP) is 1.62. The van der Waals surface area contributed by atoms with Crippen molar-refractivity contribution in [3.05, 3.63) is 41.9 Å². The summed E-state index contributed by atoms with van der Waals surface area (Å²) in [5, 5.41) is 8.49. The molecule has 0 aliphatic carbocycles. The van der Waals surface area contributed by atoms with E-state index in [0.717, 1.165) is 43.1 Å². The molecule has 0 bridgehead atoms. The zero-order valence-corrected chi connectivity index (χ0v) is 13.5. The van der Waals surface area contributed by atoms with E-state index in [1.54, 1.807) is 0 Å². The number of likely N-dealkylation sites (tertiary alicyclic amines) is 1. The third-order valence-corrected chi connectivity index (χ3v) is 5.08. The third kappa shape index (κ3) is 2.29. The van der Waals surface area contributed by atoms with Crippen LogP contribution in [0.3, 0.4) is 0 Å². The molecule has 0 saturated carbocycles. The van der Waals surface area contributed by atoms with Gasteiger partial charge in [0.15, 0.2) is 5.82 Å². The maximum absolute atomic E-state index is 12.8. The normalized spacial score (nSPS) is 23.4. The zero-order valence-electron chi connectivity index (χ0n) is 13.5. The van der Waals surface area contributed by atoms with Gasteiger partial charge in [0.25, 0.3) is 5.91 Å². The number of hydrogen-bond donors (Lipinski definition) is 0. The van der Waals surface area contributed by atoms with E-state index < -0.39 is 0 Å². The number of amides is 1. The van der Waals surface area contributed by atoms with Crippen molar-refractivity contribution in [2.45, 2.75) is 31.8 Å². The van der Waals surface area contributed by atoms with Crippen LogP contribution in [0.25, 0.3) is 0 Å². The van der Waals surface area contributed by atoms with Gasteiger partial charge in [0.05, 0.1) is 17.8 Å². The largest absolute Gasteiger partial charge is 0.350 e. The van der Waals surface area contributed by atoms with Crippen LogP contribution in [0, 0.1) is 6.92 Å². The van der Waals surface area contributed by atoms with Gasteiger partial charge in [-0.2, -0.15) is 5.10 Å². The van der Waals surface area contributed by atoms with Crippen molar-refractivity contribution in [1.82, 2.24) is 19.7 Å². The van der Waals surface area contributed by atoms with Gasteiger partial charge in [-0.15, -0.1) is 5.10 Å². The monoisotopic (exact) mass is 311 g/mol. The van der Waals surface area contributed by atoms with E-state index in [0.29, 0.717) is 6.04 Å². The molecule has 1 amide bonds. The van der Waals surface area contributed by atoms with E-state index in [-0.39, 0.29) is 11.9 Å². The fourth-order valence-electron chi connectivity index (χ4n) is 3.90. The Morgan fingerprint density at radius 2 is 1.96 bits per heavy atom. The van der Waals surface area contributed by atoms with Crippen LogP contribution in [0.5, 0.6) is 0 Å². The highest BCUT2D eigenvalue weighted by atomic mass is 16.2. The Balaban J connectivity index is 1.55. The molecule has 0 aromatic carbocycles. The van der Waals surface area contributed by atoms with E-state index >= 15 is 0 Å². The van der Waals surface area contributed by atoms with Gasteiger partial charge >= 0.3 is 0 Å². The van der Waals surface area contributed by atoms with Crippen LogP contribution in [0.4, 0.5) is 5.82 Å². The van der Waals surface area contributed by atoms with Crippen molar-refractivity contribution in [2.24, 2.45) is 7.05 Å². The van der Waals surface area contributed by atoms with Crippen molar-refractivity contribution in [1.29, 1.82) is 0 Å². The summed E-state index contributed by atoms with van der Waals surface area (Å²) in [4.78, 5) is 17.2. The second kappa shape index (κ2) is 5.37. The summed E-state index contributed by atoms with van der Waals surface area (Å²) in [7, 11) is 1.92. The minimum Gasteiger partial charge on any atom is -0.350 e. The number of fused-ring (bicyclic) bond motifs is 1. The molecular weight excluding hydrogens is 290 g/mol. The summed E-state index contributed by atoms with van der Waals surface area (Å²) in [6.45, 7) is 3.69. The van der Waals surface area contributed by atoms with E-state index in [1.807, 2.05) is 53.9 Å². The summed E-state index contributed by atoms with van der Waals surface area (Å²) in [6.07, 6.45) is 3.91. The lowest BCUT2D eigenvalue weighted by atomic mass is 10.1. The summed E-state index contributed by atoms with van der Waals surface area (Å²) in [5.41, 5.74) is 1.69. The molecule has 2 aromatic heterocycles.